The van der Waals surface area contributed by atoms with E-state index in [2.05, 4.69) is 5.32 Å². The van der Waals surface area contributed by atoms with Gasteiger partial charge >= 0.3 is 0 Å². The lowest BCUT2D eigenvalue weighted by atomic mass is 10.0. The van der Waals surface area contributed by atoms with E-state index in [9.17, 15) is 18.0 Å². The highest BCUT2D eigenvalue weighted by molar-refractivity contribution is 7.92. The standard InChI is InChI=1S/C35H38ClN3O5S/c1-5-37-35(41)32(21-27-11-7-6-8-12-27)38(23-28-13-9-10-26(3)20-28)34(40)24-39(31-22-29(36)16-19-33(31)44-4)45(42,43)30-17-14-25(2)15-18-30/h6-20,22,32H,5,21,23-24H2,1-4H3,(H,37,41)/t32-/m0/s1. The number of methoxy groups -OCH3 is 1. The van der Waals surface area contributed by atoms with Gasteiger partial charge in [0.15, 0.2) is 0 Å². The van der Waals surface area contributed by atoms with Crippen LogP contribution >= 0.6 is 11.6 Å². The number of aryl methyl sites for hydroxylation is 2. The first kappa shape index (κ1) is 33.6. The second-order valence-electron chi connectivity index (χ2n) is 10.8. The highest BCUT2D eigenvalue weighted by Crippen LogP contribution is 2.35. The largest absolute Gasteiger partial charge is 0.495 e. The molecule has 1 N–H and O–H groups in total. The number of carbonyl (C=O) groups is 2. The minimum atomic E-state index is -4.30. The number of likely N-dealkylation sites (N-methyl/N-ethyl adjacent to an activating group) is 1. The van der Waals surface area contributed by atoms with Crippen molar-refractivity contribution in [2.24, 2.45) is 0 Å². The maximum absolute atomic E-state index is 14.5. The number of nitrogens with zero attached hydrogens (tertiary/aromatic N) is 2. The van der Waals surface area contributed by atoms with E-state index in [4.69, 9.17) is 16.3 Å². The molecular formula is C35H38ClN3O5S. The van der Waals surface area contributed by atoms with E-state index < -0.39 is 28.5 Å². The van der Waals surface area contributed by atoms with Crippen molar-refractivity contribution in [3.8, 4) is 5.75 Å². The summed E-state index contributed by atoms with van der Waals surface area (Å²) < 4.78 is 35.0. The van der Waals surface area contributed by atoms with Crippen LogP contribution in [0.15, 0.2) is 102 Å². The normalized spacial score (nSPS) is 11.8. The highest BCUT2D eigenvalue weighted by atomic mass is 35.5. The molecule has 0 bridgehead atoms. The van der Waals surface area contributed by atoms with Crippen molar-refractivity contribution in [2.45, 2.75) is 44.7 Å². The van der Waals surface area contributed by atoms with Gasteiger partial charge in [0, 0.05) is 24.5 Å². The number of hydrogen-bond acceptors (Lipinski definition) is 5. The van der Waals surface area contributed by atoms with Crippen molar-refractivity contribution in [1.29, 1.82) is 0 Å². The van der Waals surface area contributed by atoms with Crippen LogP contribution in [0.1, 0.15) is 29.2 Å². The van der Waals surface area contributed by atoms with Gasteiger partial charge in [-0.15, -0.1) is 0 Å². The van der Waals surface area contributed by atoms with Gasteiger partial charge in [-0.25, -0.2) is 8.42 Å². The second kappa shape index (κ2) is 15.1. The molecule has 0 saturated heterocycles. The summed E-state index contributed by atoms with van der Waals surface area (Å²) in [6, 6.07) is 27.1. The predicted octanol–water partition coefficient (Wildman–Crippen LogP) is 5.94. The van der Waals surface area contributed by atoms with E-state index >= 15 is 0 Å². The van der Waals surface area contributed by atoms with Gasteiger partial charge in [0.25, 0.3) is 10.0 Å². The molecule has 236 valence electrons. The monoisotopic (exact) mass is 647 g/mol. The molecule has 0 aliphatic carbocycles. The van der Waals surface area contributed by atoms with Crippen LogP contribution in [-0.2, 0) is 32.6 Å². The van der Waals surface area contributed by atoms with Crippen LogP contribution in [0.5, 0.6) is 5.75 Å². The number of amides is 2. The van der Waals surface area contributed by atoms with Crippen LogP contribution in [0.2, 0.25) is 5.02 Å². The Labute approximate surface area is 270 Å². The van der Waals surface area contributed by atoms with Gasteiger partial charge < -0.3 is 15.0 Å². The summed E-state index contributed by atoms with van der Waals surface area (Å²) in [4.78, 5) is 29.6. The third-order valence-electron chi connectivity index (χ3n) is 7.35. The van der Waals surface area contributed by atoms with E-state index in [0.29, 0.717) is 6.54 Å². The molecule has 0 spiro atoms. The van der Waals surface area contributed by atoms with Gasteiger partial charge in [-0.05, 0) is 62.2 Å². The average molecular weight is 648 g/mol. The summed E-state index contributed by atoms with van der Waals surface area (Å²) in [5, 5.41) is 3.14. The number of carbonyl (C=O) groups excluding carboxylic acids is 2. The molecule has 0 unspecified atom stereocenters. The van der Waals surface area contributed by atoms with Crippen LogP contribution < -0.4 is 14.4 Å². The minimum absolute atomic E-state index is 0.00211. The van der Waals surface area contributed by atoms with Gasteiger partial charge in [-0.3, -0.25) is 13.9 Å². The molecule has 0 fully saturated rings. The maximum atomic E-state index is 14.5. The molecule has 0 aromatic heterocycles. The Balaban J connectivity index is 1.85. The lowest BCUT2D eigenvalue weighted by Gasteiger charge is -2.34. The Morgan fingerprint density at radius 1 is 0.867 bits per heavy atom. The van der Waals surface area contributed by atoms with Crippen LogP contribution in [0, 0.1) is 13.8 Å². The maximum Gasteiger partial charge on any atom is 0.264 e. The number of sulfonamides is 1. The van der Waals surface area contributed by atoms with E-state index in [-0.39, 0.29) is 40.2 Å². The smallest absolute Gasteiger partial charge is 0.264 e. The van der Waals surface area contributed by atoms with Gasteiger partial charge in [-0.2, -0.15) is 0 Å². The summed E-state index contributed by atoms with van der Waals surface area (Å²) in [6.07, 6.45) is 0.232. The van der Waals surface area contributed by atoms with Crippen LogP contribution in [0.3, 0.4) is 0 Å². The zero-order valence-corrected chi connectivity index (χ0v) is 27.4. The topological polar surface area (TPSA) is 96.0 Å². The van der Waals surface area contributed by atoms with Crippen LogP contribution in [0.4, 0.5) is 5.69 Å². The Hall–Kier alpha value is -4.34. The zero-order valence-electron chi connectivity index (χ0n) is 25.9. The van der Waals surface area contributed by atoms with Gasteiger partial charge in [-0.1, -0.05) is 89.5 Å². The first-order valence-electron chi connectivity index (χ1n) is 14.6. The zero-order chi connectivity index (χ0) is 32.6. The number of rotatable bonds is 13. The quantitative estimate of drug-likeness (QED) is 0.194. The summed E-state index contributed by atoms with van der Waals surface area (Å²) in [5.74, 6) is -0.685. The molecule has 2 amide bonds. The number of hydrogen-bond donors (Lipinski definition) is 1. The molecule has 0 heterocycles. The van der Waals surface area contributed by atoms with Crippen LogP contribution in [0.25, 0.3) is 0 Å². The third kappa shape index (κ3) is 8.44. The summed E-state index contributed by atoms with van der Waals surface area (Å²) >= 11 is 6.35. The number of nitrogens with one attached hydrogen (secondary N) is 1. The SMILES string of the molecule is CCNC(=O)[C@H](Cc1ccccc1)N(Cc1cccc(C)c1)C(=O)CN(c1cc(Cl)ccc1OC)S(=O)(=O)c1ccc(C)cc1. The average Bonchev–Trinajstić information content (AvgIpc) is 3.02. The fraction of sp³-hybridized carbons (Fsp3) is 0.257. The fourth-order valence-electron chi connectivity index (χ4n) is 5.06. The highest BCUT2D eigenvalue weighted by Gasteiger charge is 2.35. The molecule has 10 heteroatoms. The predicted molar refractivity (Wildman–Crippen MR) is 178 cm³/mol. The minimum Gasteiger partial charge on any atom is -0.495 e. The summed E-state index contributed by atoms with van der Waals surface area (Å²) in [7, 11) is -2.88. The van der Waals surface area contributed by atoms with E-state index in [1.54, 1.807) is 24.3 Å². The number of halogens is 1. The number of ether oxygens (including phenoxy) is 1. The lowest BCUT2D eigenvalue weighted by Crippen LogP contribution is -2.53. The van der Waals surface area contributed by atoms with Crippen molar-refractivity contribution in [3.63, 3.8) is 0 Å². The number of anilines is 1. The molecule has 0 aliphatic rings. The molecule has 0 saturated carbocycles. The molecule has 0 radical (unpaired) electrons. The van der Waals surface area contributed by atoms with Crippen molar-refractivity contribution in [2.75, 3.05) is 24.5 Å². The van der Waals surface area contributed by atoms with Crippen molar-refractivity contribution < 1.29 is 22.7 Å². The van der Waals surface area contributed by atoms with Crippen molar-refractivity contribution in [3.05, 3.63) is 124 Å². The van der Waals surface area contributed by atoms with Crippen LogP contribution in [-0.4, -0.2) is 51.4 Å². The molecule has 8 nitrogen and oxygen atoms in total. The number of benzene rings is 4. The first-order chi connectivity index (χ1) is 21.5. The Kier molecular flexibility index (Phi) is 11.3. The van der Waals surface area contributed by atoms with Gasteiger partial charge in [0.05, 0.1) is 17.7 Å². The second-order valence-corrected chi connectivity index (χ2v) is 13.1. The molecule has 45 heavy (non-hydrogen) atoms. The van der Waals surface area contributed by atoms with E-state index in [1.807, 2.05) is 75.4 Å². The molecule has 4 aromatic carbocycles. The van der Waals surface area contributed by atoms with Crippen molar-refractivity contribution >= 4 is 39.1 Å². The van der Waals surface area contributed by atoms with Gasteiger partial charge in [0.1, 0.15) is 18.3 Å². The molecular weight excluding hydrogens is 610 g/mol. The van der Waals surface area contributed by atoms with Crippen molar-refractivity contribution in [1.82, 2.24) is 10.2 Å². The summed E-state index contributed by atoms with van der Waals surface area (Å²) in [6.45, 7) is 5.46. The Morgan fingerprint density at radius 2 is 1.56 bits per heavy atom. The third-order valence-corrected chi connectivity index (χ3v) is 9.36. The summed E-state index contributed by atoms with van der Waals surface area (Å²) in [5.41, 5.74) is 3.64. The molecule has 4 aromatic rings. The van der Waals surface area contributed by atoms with E-state index in [0.717, 1.165) is 26.6 Å². The Bertz CT molecular complexity index is 1730. The molecule has 0 aliphatic heterocycles. The lowest BCUT2D eigenvalue weighted by molar-refractivity contribution is -0.140. The van der Waals surface area contributed by atoms with Gasteiger partial charge in [0.2, 0.25) is 11.8 Å². The first-order valence-corrected chi connectivity index (χ1v) is 16.4. The fourth-order valence-corrected chi connectivity index (χ4v) is 6.64. The van der Waals surface area contributed by atoms with E-state index in [1.165, 1.54) is 30.2 Å². The molecule has 4 rings (SSSR count). The Morgan fingerprint density at radius 3 is 2.20 bits per heavy atom. The molecule has 1 atom stereocenters.